The molecule has 0 radical (unpaired) electrons. The van der Waals surface area contributed by atoms with Gasteiger partial charge >= 0.3 is 0 Å². The van der Waals surface area contributed by atoms with Gasteiger partial charge in [-0.1, -0.05) is 17.7 Å². The topological polar surface area (TPSA) is 59.0 Å². The Morgan fingerprint density at radius 3 is 3.07 bits per heavy atom. The van der Waals surface area contributed by atoms with Crippen LogP contribution in [0.3, 0.4) is 0 Å². The van der Waals surface area contributed by atoms with Gasteiger partial charge in [-0.25, -0.2) is 0 Å². The standard InChI is InChI=1S/C10H9ClN2O/c11-8-2-1-6-9(13)3-4-14-10(6)7(8)5-12/h1-2,9H,3-4,13H2. The molecule has 3 nitrogen and oxygen atoms in total. The van der Waals surface area contributed by atoms with Crippen LogP contribution in [0, 0.1) is 11.3 Å². The van der Waals surface area contributed by atoms with Crippen LogP contribution in [0.2, 0.25) is 5.02 Å². The van der Waals surface area contributed by atoms with Crippen molar-refractivity contribution in [1.29, 1.82) is 5.26 Å². The molecule has 1 aromatic carbocycles. The molecule has 1 heterocycles. The van der Waals surface area contributed by atoms with Crippen molar-refractivity contribution >= 4 is 11.6 Å². The molecule has 1 atom stereocenters. The zero-order valence-corrected chi connectivity index (χ0v) is 8.21. The molecule has 1 aliphatic rings. The lowest BCUT2D eigenvalue weighted by atomic mass is 9.99. The van der Waals surface area contributed by atoms with Crippen molar-refractivity contribution in [2.75, 3.05) is 6.61 Å². The Morgan fingerprint density at radius 1 is 1.57 bits per heavy atom. The molecule has 2 rings (SSSR count). The van der Waals surface area contributed by atoms with Crippen molar-refractivity contribution in [1.82, 2.24) is 0 Å². The summed E-state index contributed by atoms with van der Waals surface area (Å²) in [6.45, 7) is 0.545. The minimum absolute atomic E-state index is 0.0527. The summed E-state index contributed by atoms with van der Waals surface area (Å²) in [5, 5.41) is 9.32. The number of nitrogens with zero attached hydrogens (tertiary/aromatic N) is 1. The first kappa shape index (κ1) is 9.32. The van der Waals surface area contributed by atoms with Crippen LogP contribution >= 0.6 is 11.6 Å². The monoisotopic (exact) mass is 208 g/mol. The van der Waals surface area contributed by atoms with E-state index in [2.05, 4.69) is 0 Å². The fourth-order valence-electron chi connectivity index (χ4n) is 1.57. The molecule has 0 amide bonds. The number of hydrogen-bond acceptors (Lipinski definition) is 3. The molecular formula is C10H9ClN2O. The number of nitrogens with two attached hydrogens (primary N) is 1. The van der Waals surface area contributed by atoms with E-state index in [1.54, 1.807) is 6.07 Å². The fraction of sp³-hybridized carbons (Fsp3) is 0.300. The van der Waals surface area contributed by atoms with Gasteiger partial charge in [-0.2, -0.15) is 5.26 Å². The van der Waals surface area contributed by atoms with Gasteiger partial charge in [-0.15, -0.1) is 0 Å². The third kappa shape index (κ3) is 1.33. The minimum atomic E-state index is -0.0527. The van der Waals surface area contributed by atoms with E-state index in [0.717, 1.165) is 12.0 Å². The Balaban J connectivity index is 2.63. The second-order valence-electron chi connectivity index (χ2n) is 3.20. The molecule has 0 spiro atoms. The maximum absolute atomic E-state index is 8.91. The number of rotatable bonds is 0. The van der Waals surface area contributed by atoms with Gasteiger partial charge in [0.05, 0.1) is 11.6 Å². The molecule has 0 aliphatic carbocycles. The summed E-state index contributed by atoms with van der Waals surface area (Å²) in [5.41, 5.74) is 7.15. The summed E-state index contributed by atoms with van der Waals surface area (Å²) >= 11 is 5.87. The third-order valence-electron chi connectivity index (χ3n) is 2.32. The average molecular weight is 209 g/mol. The number of benzene rings is 1. The molecule has 4 heteroatoms. The molecule has 0 saturated carbocycles. The van der Waals surface area contributed by atoms with Crippen molar-refractivity contribution in [3.63, 3.8) is 0 Å². The van der Waals surface area contributed by atoms with Gasteiger partial charge in [0.25, 0.3) is 0 Å². The van der Waals surface area contributed by atoms with Gasteiger partial charge in [0.15, 0.2) is 0 Å². The molecule has 0 bridgehead atoms. The first-order valence-corrected chi connectivity index (χ1v) is 4.72. The fourth-order valence-corrected chi connectivity index (χ4v) is 1.76. The van der Waals surface area contributed by atoms with Crippen LogP contribution in [-0.2, 0) is 0 Å². The minimum Gasteiger partial charge on any atom is -0.492 e. The van der Waals surface area contributed by atoms with E-state index >= 15 is 0 Å². The highest BCUT2D eigenvalue weighted by molar-refractivity contribution is 6.32. The Labute approximate surface area is 87.0 Å². The lowest BCUT2D eigenvalue weighted by Gasteiger charge is -2.23. The molecule has 1 aliphatic heterocycles. The Bertz CT molecular complexity index is 411. The second-order valence-corrected chi connectivity index (χ2v) is 3.60. The van der Waals surface area contributed by atoms with Crippen molar-refractivity contribution < 1.29 is 4.74 Å². The Kier molecular flexibility index (Phi) is 2.32. The summed E-state index contributed by atoms with van der Waals surface area (Å²) in [5.74, 6) is 0.554. The van der Waals surface area contributed by atoms with Gasteiger partial charge in [-0.05, 0) is 6.07 Å². The number of halogens is 1. The van der Waals surface area contributed by atoms with E-state index in [0.29, 0.717) is 22.9 Å². The molecule has 2 N–H and O–H groups in total. The molecular weight excluding hydrogens is 200 g/mol. The molecule has 72 valence electrons. The molecule has 14 heavy (non-hydrogen) atoms. The first-order chi connectivity index (χ1) is 6.74. The normalized spacial score (nSPS) is 19.4. The van der Waals surface area contributed by atoms with Crippen LogP contribution in [0.15, 0.2) is 12.1 Å². The maximum atomic E-state index is 8.91. The van der Waals surface area contributed by atoms with Crippen LogP contribution in [0.25, 0.3) is 0 Å². The predicted molar refractivity (Wildman–Crippen MR) is 53.2 cm³/mol. The SMILES string of the molecule is N#Cc1c(Cl)ccc2c1OCCC2N. The second kappa shape index (κ2) is 3.49. The van der Waals surface area contributed by atoms with Crippen molar-refractivity contribution in [3.05, 3.63) is 28.3 Å². The van der Waals surface area contributed by atoms with Gasteiger partial charge in [0.1, 0.15) is 17.4 Å². The summed E-state index contributed by atoms with van der Waals surface area (Å²) in [6.07, 6.45) is 0.777. The molecule has 1 unspecified atom stereocenters. The van der Waals surface area contributed by atoms with E-state index in [1.165, 1.54) is 0 Å². The molecule has 1 aromatic rings. The maximum Gasteiger partial charge on any atom is 0.143 e. The van der Waals surface area contributed by atoms with E-state index in [4.69, 9.17) is 27.3 Å². The zero-order chi connectivity index (χ0) is 10.1. The lowest BCUT2D eigenvalue weighted by Crippen LogP contribution is -2.21. The Hall–Kier alpha value is -1.24. The van der Waals surface area contributed by atoms with Gasteiger partial charge in [0, 0.05) is 18.0 Å². The van der Waals surface area contributed by atoms with Gasteiger partial charge in [-0.3, -0.25) is 0 Å². The van der Waals surface area contributed by atoms with Crippen LogP contribution < -0.4 is 10.5 Å². The summed E-state index contributed by atoms with van der Waals surface area (Å²) in [6, 6.07) is 5.49. The van der Waals surface area contributed by atoms with E-state index in [-0.39, 0.29) is 6.04 Å². The lowest BCUT2D eigenvalue weighted by molar-refractivity contribution is 0.268. The summed E-state index contributed by atoms with van der Waals surface area (Å²) in [7, 11) is 0. The molecule has 0 fully saturated rings. The average Bonchev–Trinajstić information content (AvgIpc) is 2.18. The Morgan fingerprint density at radius 2 is 2.36 bits per heavy atom. The van der Waals surface area contributed by atoms with E-state index < -0.39 is 0 Å². The summed E-state index contributed by atoms with van der Waals surface area (Å²) in [4.78, 5) is 0. The van der Waals surface area contributed by atoms with Crippen LogP contribution in [0.1, 0.15) is 23.6 Å². The largest absolute Gasteiger partial charge is 0.492 e. The highest BCUT2D eigenvalue weighted by Crippen LogP contribution is 2.36. The van der Waals surface area contributed by atoms with E-state index in [1.807, 2.05) is 12.1 Å². The van der Waals surface area contributed by atoms with Crippen LogP contribution in [0.4, 0.5) is 0 Å². The number of ether oxygens (including phenoxy) is 1. The highest BCUT2D eigenvalue weighted by atomic mass is 35.5. The number of nitriles is 1. The van der Waals surface area contributed by atoms with Gasteiger partial charge < -0.3 is 10.5 Å². The highest BCUT2D eigenvalue weighted by Gasteiger charge is 2.22. The third-order valence-corrected chi connectivity index (χ3v) is 2.64. The molecule has 0 saturated heterocycles. The predicted octanol–water partition coefficient (Wildman–Crippen LogP) is 1.99. The van der Waals surface area contributed by atoms with Crippen molar-refractivity contribution in [2.45, 2.75) is 12.5 Å². The molecule has 0 aromatic heterocycles. The van der Waals surface area contributed by atoms with E-state index in [9.17, 15) is 0 Å². The van der Waals surface area contributed by atoms with Gasteiger partial charge in [0.2, 0.25) is 0 Å². The van der Waals surface area contributed by atoms with Crippen LogP contribution in [-0.4, -0.2) is 6.61 Å². The number of fused-ring (bicyclic) bond motifs is 1. The quantitative estimate of drug-likeness (QED) is 0.710. The van der Waals surface area contributed by atoms with Crippen molar-refractivity contribution in [2.24, 2.45) is 5.73 Å². The zero-order valence-electron chi connectivity index (χ0n) is 7.46. The number of hydrogen-bond donors (Lipinski definition) is 1. The summed E-state index contributed by atoms with van der Waals surface area (Å²) < 4.78 is 5.41. The van der Waals surface area contributed by atoms with Crippen LogP contribution in [0.5, 0.6) is 5.75 Å². The smallest absolute Gasteiger partial charge is 0.143 e. The first-order valence-electron chi connectivity index (χ1n) is 4.35. The van der Waals surface area contributed by atoms with Crippen molar-refractivity contribution in [3.8, 4) is 11.8 Å².